The zero-order valence-corrected chi connectivity index (χ0v) is 21.3. The summed E-state index contributed by atoms with van der Waals surface area (Å²) >= 11 is 1.62. The van der Waals surface area contributed by atoms with Gasteiger partial charge < -0.3 is 15.0 Å². The van der Waals surface area contributed by atoms with Crippen LogP contribution in [0.1, 0.15) is 53.2 Å². The zero-order valence-electron chi connectivity index (χ0n) is 20.5. The van der Waals surface area contributed by atoms with E-state index in [0.717, 1.165) is 22.4 Å². The van der Waals surface area contributed by atoms with Crippen LogP contribution in [0.2, 0.25) is 0 Å². The maximum absolute atomic E-state index is 12.6. The number of hydrogen-bond donors (Lipinski definition) is 1. The van der Waals surface area contributed by atoms with Crippen LogP contribution in [0.5, 0.6) is 5.75 Å². The average Bonchev–Trinajstić information content (AvgIpc) is 3.22. The smallest absolute Gasteiger partial charge is 0.251 e. The highest BCUT2D eigenvalue weighted by Gasteiger charge is 2.32. The SMILES string of the molecule is CC(C)(C)c1ccccc1OCCNC(=O)c1ccc([C@@H]2SCC(=O)N2Cc2ccccc2)cc1. The summed E-state index contributed by atoms with van der Waals surface area (Å²) in [6.45, 7) is 7.85. The monoisotopic (exact) mass is 488 g/mol. The molecule has 1 atom stereocenters. The second-order valence-electron chi connectivity index (χ2n) is 9.64. The number of amides is 2. The third-order valence-corrected chi connectivity index (χ3v) is 7.22. The highest BCUT2D eigenvalue weighted by Crippen LogP contribution is 2.39. The normalized spacial score (nSPS) is 15.8. The summed E-state index contributed by atoms with van der Waals surface area (Å²) in [7, 11) is 0. The molecule has 1 N–H and O–H groups in total. The molecule has 0 radical (unpaired) electrons. The first-order valence-electron chi connectivity index (χ1n) is 11.9. The summed E-state index contributed by atoms with van der Waals surface area (Å²) < 4.78 is 5.95. The summed E-state index contributed by atoms with van der Waals surface area (Å²) in [5.74, 6) is 1.32. The Morgan fingerprint density at radius 2 is 1.69 bits per heavy atom. The molecule has 0 unspecified atom stereocenters. The third kappa shape index (κ3) is 6.25. The van der Waals surface area contributed by atoms with Crippen molar-refractivity contribution in [3.8, 4) is 5.75 Å². The molecular weight excluding hydrogens is 456 g/mol. The number of para-hydroxylation sites is 1. The zero-order chi connectivity index (χ0) is 24.8. The maximum Gasteiger partial charge on any atom is 0.251 e. The average molecular weight is 489 g/mol. The van der Waals surface area contributed by atoms with E-state index >= 15 is 0 Å². The van der Waals surface area contributed by atoms with E-state index in [1.807, 2.05) is 77.7 Å². The second kappa shape index (κ2) is 11.0. The van der Waals surface area contributed by atoms with E-state index in [2.05, 4.69) is 32.2 Å². The molecule has 6 heteroatoms. The van der Waals surface area contributed by atoms with Crippen LogP contribution in [-0.2, 0) is 16.8 Å². The Morgan fingerprint density at radius 1 is 1.00 bits per heavy atom. The highest BCUT2D eigenvalue weighted by molar-refractivity contribution is 8.00. The Kier molecular flexibility index (Phi) is 7.81. The van der Waals surface area contributed by atoms with Crippen molar-refractivity contribution < 1.29 is 14.3 Å². The van der Waals surface area contributed by atoms with Crippen molar-refractivity contribution >= 4 is 23.6 Å². The van der Waals surface area contributed by atoms with E-state index in [0.29, 0.717) is 31.0 Å². The van der Waals surface area contributed by atoms with Gasteiger partial charge in [-0.3, -0.25) is 9.59 Å². The lowest BCUT2D eigenvalue weighted by Gasteiger charge is -2.24. The van der Waals surface area contributed by atoms with Crippen molar-refractivity contribution in [1.82, 2.24) is 10.2 Å². The molecule has 2 amide bonds. The van der Waals surface area contributed by atoms with Gasteiger partial charge in [-0.05, 0) is 40.3 Å². The van der Waals surface area contributed by atoms with E-state index in [9.17, 15) is 9.59 Å². The van der Waals surface area contributed by atoms with Crippen molar-refractivity contribution in [2.45, 2.75) is 38.1 Å². The van der Waals surface area contributed by atoms with Crippen LogP contribution in [0, 0.1) is 0 Å². The molecule has 35 heavy (non-hydrogen) atoms. The summed E-state index contributed by atoms with van der Waals surface area (Å²) in [6.07, 6.45) is 0. The van der Waals surface area contributed by atoms with Crippen molar-refractivity contribution in [2.75, 3.05) is 18.9 Å². The molecule has 0 saturated carbocycles. The summed E-state index contributed by atoms with van der Waals surface area (Å²) in [6, 6.07) is 25.6. The number of carbonyl (C=O) groups excluding carboxylic acids is 2. The van der Waals surface area contributed by atoms with E-state index < -0.39 is 0 Å². The van der Waals surface area contributed by atoms with E-state index in [1.54, 1.807) is 11.8 Å². The molecule has 0 spiro atoms. The first-order valence-corrected chi connectivity index (χ1v) is 12.9. The van der Waals surface area contributed by atoms with Gasteiger partial charge in [-0.1, -0.05) is 81.4 Å². The molecule has 1 aliphatic heterocycles. The van der Waals surface area contributed by atoms with Gasteiger partial charge in [0.1, 0.15) is 17.7 Å². The Bertz CT molecular complexity index is 1160. The molecule has 0 bridgehead atoms. The van der Waals surface area contributed by atoms with Gasteiger partial charge in [-0.2, -0.15) is 0 Å². The molecule has 1 aliphatic rings. The number of rotatable bonds is 8. The van der Waals surface area contributed by atoms with E-state index in [4.69, 9.17) is 4.74 Å². The van der Waals surface area contributed by atoms with Crippen LogP contribution in [0.15, 0.2) is 78.9 Å². The predicted molar refractivity (Wildman–Crippen MR) is 142 cm³/mol. The van der Waals surface area contributed by atoms with Gasteiger partial charge in [-0.25, -0.2) is 0 Å². The van der Waals surface area contributed by atoms with Gasteiger partial charge in [-0.15, -0.1) is 11.8 Å². The maximum atomic E-state index is 12.6. The Labute approximate surface area is 211 Å². The lowest BCUT2D eigenvalue weighted by Crippen LogP contribution is -2.29. The first-order chi connectivity index (χ1) is 16.8. The number of nitrogens with one attached hydrogen (secondary N) is 1. The van der Waals surface area contributed by atoms with E-state index in [1.165, 1.54) is 0 Å². The van der Waals surface area contributed by atoms with Crippen LogP contribution in [0.4, 0.5) is 0 Å². The molecule has 0 aliphatic carbocycles. The largest absolute Gasteiger partial charge is 0.491 e. The second-order valence-corrected chi connectivity index (χ2v) is 10.7. The van der Waals surface area contributed by atoms with Gasteiger partial charge in [0.2, 0.25) is 5.91 Å². The Hall–Kier alpha value is -3.25. The van der Waals surface area contributed by atoms with Crippen LogP contribution < -0.4 is 10.1 Å². The third-order valence-electron chi connectivity index (χ3n) is 5.96. The van der Waals surface area contributed by atoms with Crippen LogP contribution in [0.3, 0.4) is 0 Å². The molecule has 0 aromatic heterocycles. The molecular formula is C29H32N2O3S. The topological polar surface area (TPSA) is 58.6 Å². The number of thioether (sulfide) groups is 1. The van der Waals surface area contributed by atoms with Crippen LogP contribution >= 0.6 is 11.8 Å². The van der Waals surface area contributed by atoms with Crippen molar-refractivity contribution in [3.05, 3.63) is 101 Å². The molecule has 4 rings (SSSR count). The fourth-order valence-corrected chi connectivity index (χ4v) is 5.31. The van der Waals surface area contributed by atoms with Gasteiger partial charge in [0.25, 0.3) is 5.91 Å². The van der Waals surface area contributed by atoms with Gasteiger partial charge in [0.05, 0.1) is 12.3 Å². The number of hydrogen-bond acceptors (Lipinski definition) is 4. The van der Waals surface area contributed by atoms with Crippen molar-refractivity contribution in [2.24, 2.45) is 0 Å². The minimum atomic E-state index is -0.138. The van der Waals surface area contributed by atoms with Crippen LogP contribution in [0.25, 0.3) is 0 Å². The standard InChI is InChI=1S/C29H32N2O3S/c1-29(2,3)24-11-7-8-12-25(24)34-18-17-30-27(33)22-13-15-23(16-14-22)28-31(26(32)20-35-28)19-21-9-5-4-6-10-21/h4-16,28H,17-20H2,1-3H3,(H,30,33)/t28-/m0/s1. The fraction of sp³-hybridized carbons (Fsp3) is 0.310. The minimum absolute atomic E-state index is 0.0134. The highest BCUT2D eigenvalue weighted by atomic mass is 32.2. The lowest BCUT2D eigenvalue weighted by molar-refractivity contribution is -0.128. The van der Waals surface area contributed by atoms with Gasteiger partial charge in [0, 0.05) is 12.1 Å². The van der Waals surface area contributed by atoms with E-state index in [-0.39, 0.29) is 22.6 Å². The summed E-state index contributed by atoms with van der Waals surface area (Å²) in [5.41, 5.74) is 3.85. The van der Waals surface area contributed by atoms with Crippen molar-refractivity contribution in [3.63, 3.8) is 0 Å². The minimum Gasteiger partial charge on any atom is -0.491 e. The molecule has 3 aromatic rings. The molecule has 182 valence electrons. The molecule has 1 saturated heterocycles. The fourth-order valence-electron chi connectivity index (χ4n) is 4.12. The number of ether oxygens (including phenoxy) is 1. The summed E-state index contributed by atoms with van der Waals surface area (Å²) in [4.78, 5) is 27.0. The predicted octanol–water partition coefficient (Wildman–Crippen LogP) is 5.57. The number of carbonyl (C=O) groups is 2. The first kappa shape index (κ1) is 24.9. The number of nitrogens with zero attached hydrogens (tertiary/aromatic N) is 1. The Balaban J connectivity index is 1.32. The lowest BCUT2D eigenvalue weighted by atomic mass is 9.86. The van der Waals surface area contributed by atoms with Crippen molar-refractivity contribution in [1.29, 1.82) is 0 Å². The summed E-state index contributed by atoms with van der Waals surface area (Å²) in [5, 5.41) is 2.89. The quantitative estimate of drug-likeness (QED) is 0.421. The molecule has 1 heterocycles. The molecule has 1 fully saturated rings. The van der Waals surface area contributed by atoms with Gasteiger partial charge >= 0.3 is 0 Å². The molecule has 3 aromatic carbocycles. The number of benzene rings is 3. The Morgan fingerprint density at radius 3 is 2.40 bits per heavy atom. The van der Waals surface area contributed by atoms with Gasteiger partial charge in [0.15, 0.2) is 0 Å². The molecule has 5 nitrogen and oxygen atoms in total. The van der Waals surface area contributed by atoms with Crippen LogP contribution in [-0.4, -0.2) is 35.6 Å².